The lowest BCUT2D eigenvalue weighted by molar-refractivity contribution is -0.384. The SMILES string of the molecule is O=C1/C(=C\c2ccc(-c3ccc(Cl)c([N+](=O)[O-])c3)o2)SC(=S)N1c1ccc(Br)c(Cl)c1. The lowest BCUT2D eigenvalue weighted by atomic mass is 10.1. The summed E-state index contributed by atoms with van der Waals surface area (Å²) in [4.78, 5) is 25.2. The number of hydrogen-bond acceptors (Lipinski definition) is 6. The van der Waals surface area contributed by atoms with Crippen LogP contribution in [0.5, 0.6) is 0 Å². The average Bonchev–Trinajstić information content (AvgIpc) is 3.29. The van der Waals surface area contributed by atoms with Crippen LogP contribution in [0.25, 0.3) is 17.4 Å². The van der Waals surface area contributed by atoms with E-state index in [-0.39, 0.29) is 16.6 Å². The molecule has 3 aromatic rings. The average molecular weight is 556 g/mol. The maximum atomic E-state index is 12.9. The van der Waals surface area contributed by atoms with Gasteiger partial charge in [-0.15, -0.1) is 0 Å². The van der Waals surface area contributed by atoms with Crippen LogP contribution in [0.15, 0.2) is 62.3 Å². The molecule has 0 unspecified atom stereocenters. The second-order valence-corrected chi connectivity index (χ2v) is 9.59. The van der Waals surface area contributed by atoms with Gasteiger partial charge in [-0.2, -0.15) is 0 Å². The predicted octanol–water partition coefficient (Wildman–Crippen LogP) is 7.33. The lowest BCUT2D eigenvalue weighted by Gasteiger charge is -2.15. The number of thioether (sulfide) groups is 1. The zero-order valence-corrected chi connectivity index (χ0v) is 19.9. The molecule has 0 bridgehead atoms. The summed E-state index contributed by atoms with van der Waals surface area (Å²) in [6, 6.07) is 12.8. The van der Waals surface area contributed by atoms with Gasteiger partial charge in [0.15, 0.2) is 4.32 Å². The zero-order chi connectivity index (χ0) is 22.3. The van der Waals surface area contributed by atoms with Gasteiger partial charge in [0.2, 0.25) is 0 Å². The number of anilines is 1. The molecule has 1 aliphatic heterocycles. The first-order valence-corrected chi connectivity index (χ1v) is 11.3. The van der Waals surface area contributed by atoms with Gasteiger partial charge >= 0.3 is 0 Å². The molecule has 4 rings (SSSR count). The minimum Gasteiger partial charge on any atom is -0.457 e. The number of nitrogens with zero attached hydrogens (tertiary/aromatic N) is 2. The Balaban J connectivity index is 1.62. The highest BCUT2D eigenvalue weighted by Crippen LogP contribution is 2.38. The molecule has 11 heteroatoms. The van der Waals surface area contributed by atoms with Crippen molar-refractivity contribution in [2.24, 2.45) is 0 Å². The van der Waals surface area contributed by atoms with Gasteiger partial charge in [0.25, 0.3) is 11.6 Å². The van der Waals surface area contributed by atoms with Crippen molar-refractivity contribution in [1.29, 1.82) is 0 Å². The summed E-state index contributed by atoms with van der Waals surface area (Å²) in [5, 5.41) is 11.6. The van der Waals surface area contributed by atoms with Gasteiger partial charge in [0.1, 0.15) is 16.5 Å². The Morgan fingerprint density at radius 3 is 2.61 bits per heavy atom. The summed E-state index contributed by atoms with van der Waals surface area (Å²) in [7, 11) is 0. The van der Waals surface area contributed by atoms with Crippen molar-refractivity contribution in [2.45, 2.75) is 0 Å². The van der Waals surface area contributed by atoms with Crippen LogP contribution in [0.1, 0.15) is 5.76 Å². The first-order chi connectivity index (χ1) is 14.7. The molecule has 2 aromatic carbocycles. The second kappa shape index (κ2) is 8.76. The molecule has 0 radical (unpaired) electrons. The van der Waals surface area contributed by atoms with Crippen molar-refractivity contribution in [3.63, 3.8) is 0 Å². The highest BCUT2D eigenvalue weighted by Gasteiger charge is 2.33. The smallest absolute Gasteiger partial charge is 0.288 e. The minimum atomic E-state index is -0.560. The first kappa shape index (κ1) is 22.0. The van der Waals surface area contributed by atoms with E-state index < -0.39 is 4.92 Å². The fourth-order valence-corrected chi connectivity index (χ4v) is 4.72. The van der Waals surface area contributed by atoms with Crippen molar-refractivity contribution >= 4 is 90.8 Å². The van der Waals surface area contributed by atoms with Crippen molar-refractivity contribution in [3.05, 3.63) is 83.8 Å². The Labute approximate surface area is 204 Å². The number of benzene rings is 2. The van der Waals surface area contributed by atoms with Crippen molar-refractivity contribution in [2.75, 3.05) is 4.90 Å². The van der Waals surface area contributed by atoms with E-state index >= 15 is 0 Å². The third-order valence-electron chi connectivity index (χ3n) is 4.28. The van der Waals surface area contributed by atoms with Crippen LogP contribution in [-0.2, 0) is 4.79 Å². The minimum absolute atomic E-state index is 0.0391. The molecule has 156 valence electrons. The molecule has 1 saturated heterocycles. The molecule has 1 amide bonds. The molecule has 1 fully saturated rings. The second-order valence-electron chi connectivity index (χ2n) is 6.24. The quantitative estimate of drug-likeness (QED) is 0.145. The van der Waals surface area contributed by atoms with Gasteiger partial charge in [0.05, 0.1) is 20.5 Å². The maximum Gasteiger partial charge on any atom is 0.288 e. The van der Waals surface area contributed by atoms with Crippen LogP contribution in [0.2, 0.25) is 10.0 Å². The largest absolute Gasteiger partial charge is 0.457 e. The third kappa shape index (κ3) is 4.42. The van der Waals surface area contributed by atoms with Crippen molar-refractivity contribution in [1.82, 2.24) is 0 Å². The Morgan fingerprint density at radius 1 is 1.13 bits per heavy atom. The molecular weight excluding hydrogens is 547 g/mol. The molecule has 1 aromatic heterocycles. The molecule has 0 saturated carbocycles. The van der Waals surface area contributed by atoms with Crippen LogP contribution in [-0.4, -0.2) is 15.2 Å². The van der Waals surface area contributed by atoms with Crippen LogP contribution < -0.4 is 4.90 Å². The van der Waals surface area contributed by atoms with Gasteiger partial charge in [-0.3, -0.25) is 19.8 Å². The number of carbonyl (C=O) groups is 1. The third-order valence-corrected chi connectivity index (χ3v) is 7.14. The molecule has 31 heavy (non-hydrogen) atoms. The molecule has 6 nitrogen and oxygen atoms in total. The summed E-state index contributed by atoms with van der Waals surface area (Å²) < 4.78 is 6.85. The summed E-state index contributed by atoms with van der Waals surface area (Å²) in [5.41, 5.74) is 0.839. The topological polar surface area (TPSA) is 76.6 Å². The summed E-state index contributed by atoms with van der Waals surface area (Å²) in [5.74, 6) is 0.511. The van der Waals surface area contributed by atoms with Gasteiger partial charge < -0.3 is 4.42 Å². The standard InChI is InChI=1S/C20H9BrCl2N2O4S2/c21-13-4-2-11(8-15(13)23)24-19(26)18(31-20(24)30)9-12-3-6-17(29-12)10-1-5-14(22)16(7-10)25(27)28/h1-9H/b18-9+. The monoisotopic (exact) mass is 554 g/mol. The number of carbonyl (C=O) groups excluding carboxylic acids is 1. The van der Waals surface area contributed by atoms with E-state index in [2.05, 4.69) is 15.9 Å². The van der Waals surface area contributed by atoms with Crippen LogP contribution in [0.3, 0.4) is 0 Å². The number of rotatable bonds is 4. The lowest BCUT2D eigenvalue weighted by Crippen LogP contribution is -2.27. The number of furan rings is 1. The first-order valence-electron chi connectivity index (χ1n) is 8.52. The number of nitro benzene ring substituents is 1. The van der Waals surface area contributed by atoms with E-state index in [9.17, 15) is 14.9 Å². The Hall–Kier alpha value is -2.17. The van der Waals surface area contributed by atoms with E-state index in [4.69, 9.17) is 39.8 Å². The van der Waals surface area contributed by atoms with Gasteiger partial charge in [-0.1, -0.05) is 47.2 Å². The Kier molecular flexibility index (Phi) is 6.23. The van der Waals surface area contributed by atoms with E-state index in [1.54, 1.807) is 42.5 Å². The fraction of sp³-hybridized carbons (Fsp3) is 0. The molecule has 0 aliphatic carbocycles. The Bertz CT molecular complexity index is 1290. The summed E-state index contributed by atoms with van der Waals surface area (Å²) in [6.45, 7) is 0. The predicted molar refractivity (Wildman–Crippen MR) is 131 cm³/mol. The normalized spacial score (nSPS) is 15.2. The van der Waals surface area contributed by atoms with E-state index in [1.165, 1.54) is 17.0 Å². The molecular formula is C20H9BrCl2N2O4S2. The highest BCUT2D eigenvalue weighted by atomic mass is 79.9. The van der Waals surface area contributed by atoms with Gasteiger partial charge in [0, 0.05) is 22.2 Å². The van der Waals surface area contributed by atoms with E-state index in [0.717, 1.165) is 11.8 Å². The van der Waals surface area contributed by atoms with Crippen LogP contribution >= 0.6 is 63.1 Å². The summed E-state index contributed by atoms with van der Waals surface area (Å²) in [6.07, 6.45) is 1.58. The number of halogens is 3. The van der Waals surface area contributed by atoms with E-state index in [0.29, 0.717) is 41.5 Å². The van der Waals surface area contributed by atoms with Crippen molar-refractivity contribution in [3.8, 4) is 11.3 Å². The van der Waals surface area contributed by atoms with Crippen LogP contribution in [0.4, 0.5) is 11.4 Å². The number of nitro groups is 1. The number of hydrogen-bond donors (Lipinski definition) is 0. The molecule has 0 spiro atoms. The molecule has 0 atom stereocenters. The highest BCUT2D eigenvalue weighted by molar-refractivity contribution is 9.10. The van der Waals surface area contributed by atoms with Crippen molar-refractivity contribution < 1.29 is 14.1 Å². The number of amides is 1. The van der Waals surface area contributed by atoms with Crippen LogP contribution in [0, 0.1) is 10.1 Å². The fourth-order valence-electron chi connectivity index (χ4n) is 2.84. The molecule has 1 aliphatic rings. The van der Waals surface area contributed by atoms with E-state index in [1.807, 2.05) is 0 Å². The summed E-state index contributed by atoms with van der Waals surface area (Å²) >= 11 is 21.8. The van der Waals surface area contributed by atoms with Gasteiger partial charge in [-0.25, -0.2) is 0 Å². The number of thiocarbonyl (C=S) groups is 1. The van der Waals surface area contributed by atoms with Gasteiger partial charge in [-0.05, 0) is 58.4 Å². The Morgan fingerprint density at radius 2 is 1.90 bits per heavy atom. The zero-order valence-electron chi connectivity index (χ0n) is 15.2. The molecule has 0 N–H and O–H groups in total. The molecule has 2 heterocycles. The maximum absolute atomic E-state index is 12.9.